The number of carbonyl (C=O) groups is 1. The maximum atomic E-state index is 12.4. The van der Waals surface area contributed by atoms with Gasteiger partial charge in [0.1, 0.15) is 5.60 Å². The SMILES string of the molecule is Cc1cc2c(cc1B1OC(C)(C)C(C)(C)O1)CCN(C(=O)OC(C)(C)C)C2. The summed E-state index contributed by atoms with van der Waals surface area (Å²) in [7, 11) is -0.357. The third-order valence-corrected chi connectivity index (χ3v) is 5.76. The Bertz CT molecular complexity index is 735. The predicted molar refractivity (Wildman–Crippen MR) is 107 cm³/mol. The second-order valence-electron chi connectivity index (χ2n) is 9.72. The molecule has 1 aromatic rings. The lowest BCUT2D eigenvalue weighted by Crippen LogP contribution is -2.41. The molecule has 0 atom stereocenters. The number of ether oxygens (including phenoxy) is 1. The Balaban J connectivity index is 1.80. The summed E-state index contributed by atoms with van der Waals surface area (Å²) in [5.74, 6) is 0. The number of carbonyl (C=O) groups excluding carboxylic acids is 1. The zero-order valence-electron chi connectivity index (χ0n) is 17.9. The van der Waals surface area contributed by atoms with Gasteiger partial charge in [0.25, 0.3) is 0 Å². The number of aryl methyl sites for hydroxylation is 1. The fourth-order valence-electron chi connectivity index (χ4n) is 3.46. The minimum absolute atomic E-state index is 0.249. The predicted octanol–water partition coefficient (Wildman–Crippen LogP) is 3.59. The molecule has 1 aromatic carbocycles. The Hall–Kier alpha value is -1.53. The summed E-state index contributed by atoms with van der Waals surface area (Å²) in [4.78, 5) is 14.2. The molecule has 27 heavy (non-hydrogen) atoms. The van der Waals surface area contributed by atoms with Crippen LogP contribution in [-0.4, -0.2) is 41.5 Å². The lowest BCUT2D eigenvalue weighted by molar-refractivity contribution is 0.00578. The molecule has 0 saturated carbocycles. The molecule has 1 saturated heterocycles. The Morgan fingerprint density at radius 2 is 1.70 bits per heavy atom. The fraction of sp³-hybridized carbons (Fsp3) is 0.667. The number of benzene rings is 1. The van der Waals surface area contributed by atoms with E-state index in [-0.39, 0.29) is 24.4 Å². The maximum Gasteiger partial charge on any atom is 0.495 e. The van der Waals surface area contributed by atoms with Crippen molar-refractivity contribution in [3.8, 4) is 0 Å². The Kier molecular flexibility index (Phi) is 4.88. The molecule has 6 heteroatoms. The molecule has 0 N–H and O–H groups in total. The van der Waals surface area contributed by atoms with Crippen molar-refractivity contribution in [3.63, 3.8) is 0 Å². The number of hydrogen-bond acceptors (Lipinski definition) is 4. The normalized spacial score (nSPS) is 21.2. The van der Waals surface area contributed by atoms with Crippen LogP contribution in [-0.2, 0) is 27.0 Å². The Morgan fingerprint density at radius 3 is 2.26 bits per heavy atom. The van der Waals surface area contributed by atoms with Crippen molar-refractivity contribution in [1.82, 2.24) is 4.90 Å². The van der Waals surface area contributed by atoms with E-state index in [1.165, 1.54) is 11.1 Å². The summed E-state index contributed by atoms with van der Waals surface area (Å²) in [5.41, 5.74) is 3.45. The van der Waals surface area contributed by atoms with Gasteiger partial charge in [-0.25, -0.2) is 4.79 Å². The monoisotopic (exact) mass is 373 g/mol. The van der Waals surface area contributed by atoms with Crippen LogP contribution in [0.25, 0.3) is 0 Å². The van der Waals surface area contributed by atoms with Gasteiger partial charge in [0.15, 0.2) is 0 Å². The van der Waals surface area contributed by atoms with Crippen LogP contribution in [0.4, 0.5) is 4.79 Å². The minimum Gasteiger partial charge on any atom is -0.444 e. The highest BCUT2D eigenvalue weighted by molar-refractivity contribution is 6.62. The average Bonchev–Trinajstić information content (AvgIpc) is 2.72. The molecule has 0 aliphatic carbocycles. The zero-order valence-corrected chi connectivity index (χ0v) is 17.9. The third kappa shape index (κ3) is 4.02. The van der Waals surface area contributed by atoms with Gasteiger partial charge < -0.3 is 18.9 Å². The van der Waals surface area contributed by atoms with Crippen LogP contribution in [0, 0.1) is 6.92 Å². The van der Waals surface area contributed by atoms with Gasteiger partial charge in [0.2, 0.25) is 0 Å². The van der Waals surface area contributed by atoms with Crippen LogP contribution in [0.15, 0.2) is 12.1 Å². The van der Waals surface area contributed by atoms with Gasteiger partial charge in [0, 0.05) is 13.1 Å². The largest absolute Gasteiger partial charge is 0.495 e. The maximum absolute atomic E-state index is 12.4. The summed E-state index contributed by atoms with van der Waals surface area (Å²) in [6.07, 6.45) is 0.558. The minimum atomic E-state index is -0.478. The van der Waals surface area contributed by atoms with Gasteiger partial charge in [-0.05, 0) is 78.4 Å². The van der Waals surface area contributed by atoms with E-state index in [0.717, 1.165) is 17.4 Å². The molecular formula is C21H32BNO4. The second-order valence-corrected chi connectivity index (χ2v) is 9.72. The summed E-state index contributed by atoms with van der Waals surface area (Å²) < 4.78 is 18.0. The number of hydrogen-bond donors (Lipinski definition) is 0. The quantitative estimate of drug-likeness (QED) is 0.706. The lowest BCUT2D eigenvalue weighted by atomic mass is 9.74. The van der Waals surface area contributed by atoms with Crippen molar-refractivity contribution in [2.24, 2.45) is 0 Å². The molecule has 148 valence electrons. The molecular weight excluding hydrogens is 341 g/mol. The second kappa shape index (κ2) is 6.52. The van der Waals surface area contributed by atoms with E-state index in [0.29, 0.717) is 13.1 Å². The first kappa shape index (κ1) is 20.2. The molecule has 2 aliphatic heterocycles. The summed E-state index contributed by atoms with van der Waals surface area (Å²) in [5, 5.41) is 0. The van der Waals surface area contributed by atoms with Gasteiger partial charge in [-0.3, -0.25) is 0 Å². The van der Waals surface area contributed by atoms with Crippen molar-refractivity contribution in [3.05, 3.63) is 28.8 Å². The van der Waals surface area contributed by atoms with Gasteiger partial charge in [-0.15, -0.1) is 0 Å². The summed E-state index contributed by atoms with van der Waals surface area (Å²) in [6, 6.07) is 4.35. The van der Waals surface area contributed by atoms with Crippen LogP contribution in [0.3, 0.4) is 0 Å². The molecule has 2 aliphatic rings. The fourth-order valence-corrected chi connectivity index (χ4v) is 3.46. The lowest BCUT2D eigenvalue weighted by Gasteiger charge is -2.32. The molecule has 0 aromatic heterocycles. The van der Waals surface area contributed by atoms with Crippen LogP contribution in [0.5, 0.6) is 0 Å². The van der Waals surface area contributed by atoms with Gasteiger partial charge in [-0.2, -0.15) is 0 Å². The van der Waals surface area contributed by atoms with E-state index in [1.54, 1.807) is 4.90 Å². The third-order valence-electron chi connectivity index (χ3n) is 5.76. The number of rotatable bonds is 1. The first-order valence-electron chi connectivity index (χ1n) is 9.75. The Labute approximate surface area is 163 Å². The molecule has 1 amide bonds. The zero-order chi connectivity index (χ0) is 20.2. The summed E-state index contributed by atoms with van der Waals surface area (Å²) >= 11 is 0. The summed E-state index contributed by atoms with van der Waals surface area (Å²) in [6.45, 7) is 17.3. The van der Waals surface area contributed by atoms with E-state index in [4.69, 9.17) is 14.0 Å². The highest BCUT2D eigenvalue weighted by atomic mass is 16.7. The molecule has 0 radical (unpaired) electrons. The van der Waals surface area contributed by atoms with Crippen LogP contribution in [0.2, 0.25) is 0 Å². The van der Waals surface area contributed by atoms with Crippen molar-refractivity contribution in [1.29, 1.82) is 0 Å². The van der Waals surface area contributed by atoms with E-state index >= 15 is 0 Å². The van der Waals surface area contributed by atoms with Crippen molar-refractivity contribution >= 4 is 18.7 Å². The molecule has 0 spiro atoms. The van der Waals surface area contributed by atoms with E-state index in [2.05, 4.69) is 46.8 Å². The Morgan fingerprint density at radius 1 is 1.11 bits per heavy atom. The van der Waals surface area contributed by atoms with Crippen LogP contribution in [0.1, 0.15) is 65.2 Å². The molecule has 3 rings (SSSR count). The standard InChI is InChI=1S/C21H32BNO4/c1-14-11-16-13-23(18(24)25-19(2,3)4)10-9-15(16)12-17(14)22-26-20(5,6)21(7,8)27-22/h11-12H,9-10,13H2,1-8H3. The van der Waals surface area contributed by atoms with Gasteiger partial charge in [0.05, 0.1) is 11.2 Å². The molecule has 5 nitrogen and oxygen atoms in total. The van der Waals surface area contributed by atoms with E-state index in [9.17, 15) is 4.79 Å². The van der Waals surface area contributed by atoms with Gasteiger partial charge in [-0.1, -0.05) is 17.7 Å². The van der Waals surface area contributed by atoms with Crippen molar-refractivity contribution in [2.45, 2.75) is 85.2 Å². The van der Waals surface area contributed by atoms with Gasteiger partial charge >= 0.3 is 13.2 Å². The van der Waals surface area contributed by atoms with E-state index < -0.39 is 5.60 Å². The first-order chi connectivity index (χ1) is 12.3. The average molecular weight is 373 g/mol. The van der Waals surface area contributed by atoms with Crippen molar-refractivity contribution in [2.75, 3.05) is 6.54 Å². The topological polar surface area (TPSA) is 48.0 Å². The number of amides is 1. The number of nitrogens with zero attached hydrogens (tertiary/aromatic N) is 1. The molecule has 0 bridgehead atoms. The highest BCUT2D eigenvalue weighted by Crippen LogP contribution is 2.37. The molecule has 2 heterocycles. The van der Waals surface area contributed by atoms with Crippen LogP contribution >= 0.6 is 0 Å². The molecule has 0 unspecified atom stereocenters. The first-order valence-corrected chi connectivity index (χ1v) is 9.75. The highest BCUT2D eigenvalue weighted by Gasteiger charge is 2.52. The smallest absolute Gasteiger partial charge is 0.444 e. The molecule has 1 fully saturated rings. The van der Waals surface area contributed by atoms with Crippen LogP contribution < -0.4 is 5.46 Å². The van der Waals surface area contributed by atoms with Crippen molar-refractivity contribution < 1.29 is 18.8 Å². The number of fused-ring (bicyclic) bond motifs is 1. The van der Waals surface area contributed by atoms with E-state index in [1.807, 2.05) is 20.8 Å².